The van der Waals surface area contributed by atoms with Crippen molar-refractivity contribution >= 4 is 29.1 Å². The monoisotopic (exact) mass is 329 g/mol. The Bertz CT molecular complexity index is 764. The number of hydrogen-bond donors (Lipinski definition) is 1. The van der Waals surface area contributed by atoms with Gasteiger partial charge in [0.15, 0.2) is 0 Å². The summed E-state index contributed by atoms with van der Waals surface area (Å²) in [6, 6.07) is 5.71. The van der Waals surface area contributed by atoms with Gasteiger partial charge < -0.3 is 5.32 Å². The highest BCUT2D eigenvalue weighted by molar-refractivity contribution is 7.09. The summed E-state index contributed by atoms with van der Waals surface area (Å²) in [4.78, 5) is 42.2. The maximum absolute atomic E-state index is 12.3. The molecule has 0 aliphatic carbocycles. The molecule has 118 valence electrons. The molecule has 1 atom stereocenters. The average molecular weight is 329 g/mol. The number of benzene rings is 1. The van der Waals surface area contributed by atoms with E-state index in [4.69, 9.17) is 0 Å². The SMILES string of the molecule is Cc1csc(CNC(=O)C(C)N2C(=O)c3ccccc3C2=O)n1. The van der Waals surface area contributed by atoms with Gasteiger partial charge in [-0.1, -0.05) is 12.1 Å². The standard InChI is InChI=1S/C16H15N3O3S/c1-9-8-23-13(18-9)7-17-14(20)10(2)19-15(21)11-5-3-4-6-12(11)16(19)22/h3-6,8,10H,7H2,1-2H3,(H,17,20). The van der Waals surface area contributed by atoms with Crippen molar-refractivity contribution in [3.63, 3.8) is 0 Å². The molecule has 1 aromatic heterocycles. The maximum atomic E-state index is 12.3. The molecule has 1 unspecified atom stereocenters. The Morgan fingerprint density at radius 2 is 1.87 bits per heavy atom. The molecule has 23 heavy (non-hydrogen) atoms. The van der Waals surface area contributed by atoms with Crippen LogP contribution in [0.3, 0.4) is 0 Å². The number of rotatable bonds is 4. The van der Waals surface area contributed by atoms with E-state index in [1.807, 2.05) is 12.3 Å². The molecule has 0 saturated heterocycles. The topological polar surface area (TPSA) is 79.4 Å². The highest BCUT2D eigenvalue weighted by Gasteiger charge is 2.40. The zero-order chi connectivity index (χ0) is 16.6. The molecule has 0 fully saturated rings. The molecule has 1 N–H and O–H groups in total. The fraction of sp³-hybridized carbons (Fsp3) is 0.250. The second-order valence-corrected chi connectivity index (χ2v) is 6.24. The van der Waals surface area contributed by atoms with Gasteiger partial charge in [-0.2, -0.15) is 0 Å². The van der Waals surface area contributed by atoms with Gasteiger partial charge in [-0.05, 0) is 26.0 Å². The second-order valence-electron chi connectivity index (χ2n) is 5.30. The molecule has 2 aromatic rings. The summed E-state index contributed by atoms with van der Waals surface area (Å²) in [5, 5.41) is 5.40. The molecule has 1 aliphatic heterocycles. The number of hydrogen-bond acceptors (Lipinski definition) is 5. The quantitative estimate of drug-likeness (QED) is 0.867. The molecule has 1 aliphatic rings. The minimum absolute atomic E-state index is 0.283. The van der Waals surface area contributed by atoms with Crippen LogP contribution < -0.4 is 5.32 Å². The van der Waals surface area contributed by atoms with Crippen LogP contribution in [0.2, 0.25) is 0 Å². The Kier molecular flexibility index (Phi) is 3.96. The van der Waals surface area contributed by atoms with Gasteiger partial charge in [0.1, 0.15) is 11.0 Å². The fourth-order valence-electron chi connectivity index (χ4n) is 2.47. The van der Waals surface area contributed by atoms with Crippen molar-refractivity contribution in [3.8, 4) is 0 Å². The van der Waals surface area contributed by atoms with E-state index in [2.05, 4.69) is 10.3 Å². The third-order valence-electron chi connectivity index (χ3n) is 3.67. The molecule has 0 bridgehead atoms. The first-order valence-corrected chi connectivity index (χ1v) is 8.02. The Morgan fingerprint density at radius 1 is 1.26 bits per heavy atom. The summed E-state index contributed by atoms with van der Waals surface area (Å²) in [5.74, 6) is -1.25. The van der Waals surface area contributed by atoms with Crippen molar-refractivity contribution in [2.45, 2.75) is 26.4 Å². The summed E-state index contributed by atoms with van der Waals surface area (Å²) in [7, 11) is 0. The number of nitrogens with one attached hydrogen (secondary N) is 1. The van der Waals surface area contributed by atoms with Crippen LogP contribution >= 0.6 is 11.3 Å². The first-order chi connectivity index (χ1) is 11.0. The molecule has 3 rings (SSSR count). The number of fused-ring (bicyclic) bond motifs is 1. The van der Waals surface area contributed by atoms with Crippen molar-refractivity contribution < 1.29 is 14.4 Å². The molecule has 6 nitrogen and oxygen atoms in total. The first kappa shape index (κ1) is 15.4. The first-order valence-electron chi connectivity index (χ1n) is 7.14. The van der Waals surface area contributed by atoms with Crippen LogP contribution in [0.25, 0.3) is 0 Å². The summed E-state index contributed by atoms with van der Waals surface area (Å²) in [6.45, 7) is 3.71. The lowest BCUT2D eigenvalue weighted by Gasteiger charge is -2.21. The molecule has 1 aromatic carbocycles. The highest BCUT2D eigenvalue weighted by atomic mass is 32.1. The third-order valence-corrected chi connectivity index (χ3v) is 4.64. The normalized spacial score (nSPS) is 14.8. The highest BCUT2D eigenvalue weighted by Crippen LogP contribution is 2.24. The average Bonchev–Trinajstić information content (AvgIpc) is 3.07. The van der Waals surface area contributed by atoms with Crippen molar-refractivity contribution in [1.82, 2.24) is 15.2 Å². The van der Waals surface area contributed by atoms with Crippen LogP contribution in [0.15, 0.2) is 29.6 Å². The lowest BCUT2D eigenvalue weighted by atomic mass is 10.1. The Labute approximate surface area is 137 Å². The van der Waals surface area contributed by atoms with Crippen LogP contribution in [-0.2, 0) is 11.3 Å². The summed E-state index contributed by atoms with van der Waals surface area (Å²) in [6.07, 6.45) is 0. The Balaban J connectivity index is 1.71. The van der Waals surface area contributed by atoms with E-state index in [0.29, 0.717) is 11.1 Å². The van der Waals surface area contributed by atoms with Gasteiger partial charge in [-0.3, -0.25) is 19.3 Å². The zero-order valence-corrected chi connectivity index (χ0v) is 13.5. The van der Waals surface area contributed by atoms with E-state index in [9.17, 15) is 14.4 Å². The molecular formula is C16H15N3O3S. The van der Waals surface area contributed by atoms with Gasteiger partial charge in [0.05, 0.1) is 17.7 Å². The van der Waals surface area contributed by atoms with Crippen LogP contribution in [0.1, 0.15) is 38.3 Å². The lowest BCUT2D eigenvalue weighted by Crippen LogP contribution is -2.47. The summed E-state index contributed by atoms with van der Waals surface area (Å²) in [5.41, 5.74) is 1.58. The Morgan fingerprint density at radius 3 is 2.39 bits per heavy atom. The Hall–Kier alpha value is -2.54. The predicted octanol–water partition coefficient (Wildman–Crippen LogP) is 1.75. The van der Waals surface area contributed by atoms with E-state index in [-0.39, 0.29) is 12.5 Å². The number of aryl methyl sites for hydroxylation is 1. The van der Waals surface area contributed by atoms with E-state index in [1.165, 1.54) is 11.3 Å². The van der Waals surface area contributed by atoms with Gasteiger partial charge in [0, 0.05) is 11.1 Å². The van der Waals surface area contributed by atoms with Crippen molar-refractivity contribution in [1.29, 1.82) is 0 Å². The molecule has 2 heterocycles. The predicted molar refractivity (Wildman–Crippen MR) is 85.1 cm³/mol. The van der Waals surface area contributed by atoms with Crippen molar-refractivity contribution in [3.05, 3.63) is 51.5 Å². The van der Waals surface area contributed by atoms with E-state index in [0.717, 1.165) is 15.6 Å². The number of nitrogens with zero attached hydrogens (tertiary/aromatic N) is 2. The minimum Gasteiger partial charge on any atom is -0.348 e. The lowest BCUT2D eigenvalue weighted by molar-refractivity contribution is -0.124. The minimum atomic E-state index is -0.872. The summed E-state index contributed by atoms with van der Waals surface area (Å²) < 4.78 is 0. The van der Waals surface area contributed by atoms with E-state index >= 15 is 0 Å². The number of carbonyl (C=O) groups excluding carboxylic acids is 3. The molecule has 0 spiro atoms. The smallest absolute Gasteiger partial charge is 0.262 e. The number of aromatic nitrogens is 1. The zero-order valence-electron chi connectivity index (χ0n) is 12.7. The van der Waals surface area contributed by atoms with Crippen LogP contribution in [-0.4, -0.2) is 33.6 Å². The van der Waals surface area contributed by atoms with E-state index in [1.54, 1.807) is 31.2 Å². The van der Waals surface area contributed by atoms with E-state index < -0.39 is 17.9 Å². The molecular weight excluding hydrogens is 314 g/mol. The number of thiazole rings is 1. The van der Waals surface area contributed by atoms with Gasteiger partial charge in [0.2, 0.25) is 5.91 Å². The second kappa shape index (κ2) is 5.92. The fourth-order valence-corrected chi connectivity index (χ4v) is 3.18. The van der Waals surface area contributed by atoms with Gasteiger partial charge >= 0.3 is 0 Å². The summed E-state index contributed by atoms with van der Waals surface area (Å²) >= 11 is 1.45. The van der Waals surface area contributed by atoms with Crippen molar-refractivity contribution in [2.75, 3.05) is 0 Å². The number of carbonyl (C=O) groups is 3. The van der Waals surface area contributed by atoms with Gasteiger partial charge in [-0.25, -0.2) is 4.98 Å². The largest absolute Gasteiger partial charge is 0.348 e. The van der Waals surface area contributed by atoms with Crippen molar-refractivity contribution in [2.24, 2.45) is 0 Å². The van der Waals surface area contributed by atoms with Gasteiger partial charge in [0.25, 0.3) is 11.8 Å². The van der Waals surface area contributed by atoms with Crippen LogP contribution in [0.4, 0.5) is 0 Å². The van der Waals surface area contributed by atoms with Gasteiger partial charge in [-0.15, -0.1) is 11.3 Å². The maximum Gasteiger partial charge on any atom is 0.262 e. The molecule has 0 saturated carbocycles. The number of amides is 3. The van der Waals surface area contributed by atoms with Crippen LogP contribution in [0, 0.1) is 6.92 Å². The van der Waals surface area contributed by atoms with Crippen LogP contribution in [0.5, 0.6) is 0 Å². The molecule has 7 heteroatoms. The third kappa shape index (κ3) is 2.75. The molecule has 0 radical (unpaired) electrons. The molecule has 3 amide bonds. The number of imide groups is 1.